The number of halogens is 3. The molecule has 0 bridgehead atoms. The number of carbonyl (C=O) groups is 1. The van der Waals surface area contributed by atoms with E-state index in [1.54, 1.807) is 0 Å². The van der Waals surface area contributed by atoms with Crippen LogP contribution >= 0.6 is 0 Å². The average molecular weight is 546 g/mol. The third-order valence-corrected chi connectivity index (χ3v) is 8.28. The number of hydroxylamine groups is 1. The second kappa shape index (κ2) is 11.4. The molecule has 2 aromatic carbocycles. The summed E-state index contributed by atoms with van der Waals surface area (Å²) in [5.41, 5.74) is 0.526. The van der Waals surface area contributed by atoms with Crippen molar-refractivity contribution in [2.75, 3.05) is 26.3 Å². The summed E-state index contributed by atoms with van der Waals surface area (Å²) in [6.07, 6.45) is -3.22. The van der Waals surface area contributed by atoms with Crippen molar-refractivity contribution in [3.05, 3.63) is 53.6 Å². The standard InChI is InChI=1S/C24H27F3N2O7S/c25-24(26,27)16-4-6-17(7-5-16)35-18-8-12-29(13-9-18)37(32,33)21-3-1-2-20(22(21)23(30)28-31)36-19-10-14-34-15-11-19/h1-7,18-19H,8-15H2,(H2-,28,30,31,32,33)/p+1. The van der Waals surface area contributed by atoms with Crippen molar-refractivity contribution in [1.29, 1.82) is 0 Å². The Bertz CT molecular complexity index is 1130. The third kappa shape index (κ3) is 6.41. The number of nitrogens with one attached hydrogen (secondary N) is 1. The molecule has 2 heterocycles. The number of rotatable bonds is 7. The second-order valence-electron chi connectivity index (χ2n) is 8.76. The number of carbonyl (C=O) groups excluding carboxylic acids is 1. The summed E-state index contributed by atoms with van der Waals surface area (Å²) in [5, 5.41) is 9.31. The average Bonchev–Trinajstić information content (AvgIpc) is 2.89. The maximum atomic E-state index is 13.6. The van der Waals surface area contributed by atoms with E-state index >= 15 is 0 Å². The van der Waals surface area contributed by atoms with Crippen LogP contribution in [0.4, 0.5) is 13.2 Å². The summed E-state index contributed by atoms with van der Waals surface area (Å²) in [4.78, 5) is 12.4. The lowest BCUT2D eigenvalue weighted by molar-refractivity contribution is -0.137. The monoisotopic (exact) mass is 545 g/mol. The Morgan fingerprint density at radius 2 is 1.62 bits per heavy atom. The van der Waals surface area contributed by atoms with Crippen molar-refractivity contribution in [1.82, 2.24) is 9.79 Å². The summed E-state index contributed by atoms with van der Waals surface area (Å²) in [6, 6.07) is 8.72. The number of ether oxygens (including phenoxy) is 3. The lowest BCUT2D eigenvalue weighted by Gasteiger charge is -2.30. The fourth-order valence-electron chi connectivity index (χ4n) is 4.34. The van der Waals surface area contributed by atoms with Crippen LogP contribution in [0, 0.1) is 0 Å². The van der Waals surface area contributed by atoms with Gasteiger partial charge in [-0.2, -0.15) is 17.7 Å². The molecule has 3 N–H and O–H groups in total. The molecule has 1 atom stereocenters. The fraction of sp³-hybridized carbons (Fsp3) is 0.458. The van der Waals surface area contributed by atoms with Crippen LogP contribution < -0.4 is 15.0 Å². The van der Waals surface area contributed by atoms with Crippen molar-refractivity contribution >= 4 is 16.3 Å². The van der Waals surface area contributed by atoms with Gasteiger partial charge in [0.15, 0.2) is 0 Å². The van der Waals surface area contributed by atoms with Crippen LogP contribution in [0.5, 0.6) is 11.5 Å². The van der Waals surface area contributed by atoms with Gasteiger partial charge in [-0.05, 0) is 40.6 Å². The summed E-state index contributed by atoms with van der Waals surface area (Å²) >= 11 is 0. The SMILES string of the molecule is O=C(NO)c1c(OC2CCOCC2)cccc1[S+](=O)(O)N1CCC(Oc2ccc(C(F)(F)F)cc2)CC1. The maximum absolute atomic E-state index is 13.6. The largest absolute Gasteiger partial charge is 0.490 e. The zero-order chi connectivity index (χ0) is 26.6. The van der Waals surface area contributed by atoms with E-state index in [0.29, 0.717) is 38.9 Å². The normalized spacial score (nSPS) is 19.7. The van der Waals surface area contributed by atoms with Crippen LogP contribution in [0.3, 0.4) is 0 Å². The van der Waals surface area contributed by atoms with Gasteiger partial charge in [0.1, 0.15) is 29.3 Å². The number of benzene rings is 2. The third-order valence-electron chi connectivity index (χ3n) is 6.30. The van der Waals surface area contributed by atoms with E-state index in [9.17, 15) is 31.9 Å². The van der Waals surface area contributed by atoms with E-state index in [4.69, 9.17) is 14.2 Å². The predicted molar refractivity (Wildman–Crippen MR) is 126 cm³/mol. The summed E-state index contributed by atoms with van der Waals surface area (Å²) in [7, 11) is -3.90. The number of alkyl halides is 3. The molecule has 2 aliphatic heterocycles. The fourth-order valence-corrected chi connectivity index (χ4v) is 6.03. The first-order valence-corrected chi connectivity index (χ1v) is 13.2. The first kappa shape index (κ1) is 27.3. The molecular formula is C24H28F3N2O7S+. The van der Waals surface area contributed by atoms with Crippen molar-refractivity contribution in [2.24, 2.45) is 0 Å². The molecule has 0 saturated carbocycles. The van der Waals surface area contributed by atoms with Gasteiger partial charge in [-0.25, -0.2) is 5.48 Å². The van der Waals surface area contributed by atoms with Gasteiger partial charge in [0.25, 0.3) is 5.91 Å². The number of piperidine rings is 1. The first-order chi connectivity index (χ1) is 17.6. The number of hydrogen-bond acceptors (Lipinski definition) is 6. The molecule has 0 radical (unpaired) electrons. The van der Waals surface area contributed by atoms with Gasteiger partial charge < -0.3 is 14.2 Å². The van der Waals surface area contributed by atoms with Crippen molar-refractivity contribution in [3.63, 3.8) is 0 Å². The second-order valence-corrected chi connectivity index (χ2v) is 10.7. The van der Waals surface area contributed by atoms with Gasteiger partial charge in [-0.3, -0.25) is 10.0 Å². The quantitative estimate of drug-likeness (QED) is 0.272. The lowest BCUT2D eigenvalue weighted by Crippen LogP contribution is -2.45. The topological polar surface area (TPSA) is 118 Å². The zero-order valence-corrected chi connectivity index (χ0v) is 20.6. The van der Waals surface area contributed by atoms with Crippen molar-refractivity contribution in [3.8, 4) is 11.5 Å². The van der Waals surface area contributed by atoms with E-state index < -0.39 is 28.0 Å². The zero-order valence-electron chi connectivity index (χ0n) is 19.8. The minimum atomic E-state index is -4.44. The van der Waals surface area contributed by atoms with Gasteiger partial charge in [0.05, 0.1) is 31.9 Å². The smallest absolute Gasteiger partial charge is 0.416 e. The van der Waals surface area contributed by atoms with Gasteiger partial charge >= 0.3 is 16.6 Å². The van der Waals surface area contributed by atoms with Crippen LogP contribution in [0.25, 0.3) is 0 Å². The molecule has 9 nitrogen and oxygen atoms in total. The van der Waals surface area contributed by atoms with Crippen LogP contribution in [-0.2, 0) is 25.5 Å². The molecule has 13 heteroatoms. The van der Waals surface area contributed by atoms with Crippen LogP contribution in [0.2, 0.25) is 0 Å². The summed E-state index contributed by atoms with van der Waals surface area (Å²) in [5.74, 6) is -0.616. The molecule has 2 saturated heterocycles. The van der Waals surface area contributed by atoms with Crippen molar-refractivity contribution in [2.45, 2.75) is 49.0 Å². The molecule has 202 valence electrons. The van der Waals surface area contributed by atoms with E-state index in [1.807, 2.05) is 0 Å². The highest BCUT2D eigenvalue weighted by Crippen LogP contribution is 2.35. The highest BCUT2D eigenvalue weighted by atomic mass is 32.3. The number of nitrogens with zero attached hydrogens (tertiary/aromatic N) is 1. The van der Waals surface area contributed by atoms with E-state index in [1.165, 1.54) is 40.1 Å². The lowest BCUT2D eigenvalue weighted by atomic mass is 10.1. The van der Waals surface area contributed by atoms with Crippen molar-refractivity contribution < 1.29 is 46.1 Å². The minimum Gasteiger partial charge on any atom is -0.490 e. The van der Waals surface area contributed by atoms with E-state index in [0.717, 1.165) is 12.1 Å². The predicted octanol–water partition coefficient (Wildman–Crippen LogP) is 4.17. The molecule has 2 aromatic rings. The Hall–Kier alpha value is -2.71. The Labute approximate surface area is 212 Å². The number of hydrogen-bond donors (Lipinski definition) is 3. The Balaban J connectivity index is 1.47. The van der Waals surface area contributed by atoms with Gasteiger partial charge in [0, 0.05) is 25.7 Å². The maximum Gasteiger partial charge on any atom is 0.416 e. The van der Waals surface area contributed by atoms with Crippen LogP contribution in [0.1, 0.15) is 41.6 Å². The van der Waals surface area contributed by atoms with E-state index in [2.05, 4.69) is 0 Å². The molecule has 0 spiro atoms. The Kier molecular flexibility index (Phi) is 8.39. The highest BCUT2D eigenvalue weighted by Gasteiger charge is 2.45. The Morgan fingerprint density at radius 1 is 1.00 bits per heavy atom. The molecule has 2 fully saturated rings. The van der Waals surface area contributed by atoms with Gasteiger partial charge in [-0.15, -0.1) is 0 Å². The molecule has 2 aliphatic rings. The van der Waals surface area contributed by atoms with Gasteiger partial charge in [0.2, 0.25) is 4.90 Å². The molecule has 37 heavy (non-hydrogen) atoms. The van der Waals surface area contributed by atoms with Gasteiger partial charge in [-0.1, -0.05) is 10.4 Å². The molecule has 1 amide bonds. The Morgan fingerprint density at radius 3 is 2.22 bits per heavy atom. The number of amides is 1. The molecule has 0 aliphatic carbocycles. The van der Waals surface area contributed by atoms with Crippen LogP contribution in [0.15, 0.2) is 47.4 Å². The first-order valence-electron chi connectivity index (χ1n) is 11.8. The molecule has 0 aromatic heterocycles. The molecular weight excluding hydrogens is 517 g/mol. The summed E-state index contributed by atoms with van der Waals surface area (Å²) in [6.45, 7) is 1.25. The van der Waals surface area contributed by atoms with E-state index in [-0.39, 0.29) is 47.3 Å². The summed E-state index contributed by atoms with van der Waals surface area (Å²) < 4.78 is 81.4. The van der Waals surface area contributed by atoms with Crippen LogP contribution in [-0.4, -0.2) is 58.5 Å². The molecule has 4 rings (SSSR count). The minimum absolute atomic E-state index is 0.0817. The molecule has 1 unspecified atom stereocenters. The highest BCUT2D eigenvalue weighted by molar-refractivity contribution is 7.95.